The molecule has 2 N–H and O–H groups in total. The summed E-state index contributed by atoms with van der Waals surface area (Å²) in [4.78, 5) is 14.8. The van der Waals surface area contributed by atoms with E-state index in [-0.39, 0.29) is 5.91 Å². The number of anilines is 1. The van der Waals surface area contributed by atoms with E-state index < -0.39 is 0 Å². The number of nitrogens with two attached hydrogens (primary N) is 1. The van der Waals surface area contributed by atoms with Crippen LogP contribution in [0.5, 0.6) is 0 Å². The van der Waals surface area contributed by atoms with Crippen molar-refractivity contribution < 1.29 is 4.79 Å². The first kappa shape index (κ1) is 14.9. The number of hydrogen-bond acceptors (Lipinski definition) is 3. The van der Waals surface area contributed by atoms with Crippen molar-refractivity contribution >= 4 is 11.6 Å². The van der Waals surface area contributed by atoms with Crippen LogP contribution in [0, 0.1) is 0 Å². The molecule has 0 atom stereocenters. The maximum atomic E-state index is 12.8. The lowest BCUT2D eigenvalue weighted by Crippen LogP contribution is -2.42. The molecule has 5 nitrogen and oxygen atoms in total. The van der Waals surface area contributed by atoms with Crippen LogP contribution < -0.4 is 5.73 Å². The van der Waals surface area contributed by atoms with Crippen LogP contribution in [0.4, 0.5) is 5.69 Å². The lowest BCUT2D eigenvalue weighted by molar-refractivity contribution is 0.0638. The smallest absolute Gasteiger partial charge is 0.274 e. The van der Waals surface area contributed by atoms with Crippen molar-refractivity contribution in [3.8, 4) is 0 Å². The first-order valence-corrected chi connectivity index (χ1v) is 7.72. The van der Waals surface area contributed by atoms with Crippen molar-refractivity contribution in [2.45, 2.75) is 58.4 Å². The van der Waals surface area contributed by atoms with Gasteiger partial charge in [-0.2, -0.15) is 5.10 Å². The van der Waals surface area contributed by atoms with E-state index in [1.165, 1.54) is 19.3 Å². The summed E-state index contributed by atoms with van der Waals surface area (Å²) in [5, 5.41) is 4.36. The summed E-state index contributed by atoms with van der Waals surface area (Å²) in [6, 6.07) is 0.362. The second kappa shape index (κ2) is 6.29. The van der Waals surface area contributed by atoms with Gasteiger partial charge in [-0.1, -0.05) is 26.2 Å². The molecular weight excluding hydrogens is 252 g/mol. The Kier molecular flexibility index (Phi) is 4.68. The second-order valence-corrected chi connectivity index (χ2v) is 5.57. The highest BCUT2D eigenvalue weighted by Crippen LogP contribution is 2.26. The van der Waals surface area contributed by atoms with E-state index in [1.807, 2.05) is 18.7 Å². The number of hydrogen-bond donors (Lipinski definition) is 1. The Labute approximate surface area is 121 Å². The van der Waals surface area contributed by atoms with Crippen LogP contribution in [0.1, 0.15) is 62.1 Å². The first-order chi connectivity index (χ1) is 9.60. The van der Waals surface area contributed by atoms with Crippen molar-refractivity contribution in [1.29, 1.82) is 0 Å². The minimum absolute atomic E-state index is 0.0339. The lowest BCUT2D eigenvalue weighted by atomic mass is 9.94. The van der Waals surface area contributed by atoms with Gasteiger partial charge < -0.3 is 10.6 Å². The molecule has 1 fully saturated rings. The quantitative estimate of drug-likeness (QED) is 0.919. The third-order valence-electron chi connectivity index (χ3n) is 4.31. The fourth-order valence-corrected chi connectivity index (χ4v) is 3.21. The molecule has 1 aliphatic carbocycles. The van der Waals surface area contributed by atoms with Crippen LogP contribution in [0.3, 0.4) is 0 Å². The summed E-state index contributed by atoms with van der Waals surface area (Å²) in [5.74, 6) is 0.0339. The van der Waals surface area contributed by atoms with E-state index in [4.69, 9.17) is 5.73 Å². The molecule has 20 heavy (non-hydrogen) atoms. The number of nitrogens with zero attached hydrogens (tertiary/aromatic N) is 3. The summed E-state index contributed by atoms with van der Waals surface area (Å²) >= 11 is 0. The molecule has 1 amide bonds. The number of aryl methyl sites for hydroxylation is 2. The second-order valence-electron chi connectivity index (χ2n) is 5.57. The molecule has 1 saturated carbocycles. The summed E-state index contributed by atoms with van der Waals surface area (Å²) in [5.41, 5.74) is 8.02. The molecule has 112 valence electrons. The summed E-state index contributed by atoms with van der Waals surface area (Å²) in [6.07, 6.45) is 6.69. The zero-order valence-corrected chi connectivity index (χ0v) is 12.9. The van der Waals surface area contributed by atoms with E-state index >= 15 is 0 Å². The Morgan fingerprint density at radius 2 is 2.00 bits per heavy atom. The molecule has 1 aromatic heterocycles. The largest absolute Gasteiger partial charge is 0.395 e. The van der Waals surface area contributed by atoms with Gasteiger partial charge in [-0.15, -0.1) is 0 Å². The molecule has 1 aliphatic rings. The Balaban J connectivity index is 2.26. The van der Waals surface area contributed by atoms with Crippen LogP contribution in [0.2, 0.25) is 0 Å². The highest BCUT2D eigenvalue weighted by Gasteiger charge is 2.29. The minimum Gasteiger partial charge on any atom is -0.395 e. The van der Waals surface area contributed by atoms with Gasteiger partial charge in [0, 0.05) is 19.6 Å². The molecule has 0 radical (unpaired) electrons. The van der Waals surface area contributed by atoms with Crippen LogP contribution >= 0.6 is 0 Å². The molecule has 0 unspecified atom stereocenters. The first-order valence-electron chi connectivity index (χ1n) is 7.72. The van der Waals surface area contributed by atoms with E-state index in [2.05, 4.69) is 5.10 Å². The molecule has 0 spiro atoms. The van der Waals surface area contributed by atoms with Crippen molar-refractivity contribution in [2.75, 3.05) is 12.3 Å². The van der Waals surface area contributed by atoms with Gasteiger partial charge in [0.15, 0.2) is 0 Å². The summed E-state index contributed by atoms with van der Waals surface area (Å²) in [7, 11) is 1.80. The van der Waals surface area contributed by atoms with E-state index in [1.54, 1.807) is 11.7 Å². The number of amides is 1. The van der Waals surface area contributed by atoms with Gasteiger partial charge in [-0.25, -0.2) is 0 Å². The fraction of sp³-hybridized carbons (Fsp3) is 0.733. The van der Waals surface area contributed by atoms with Gasteiger partial charge in [0.05, 0.1) is 11.4 Å². The maximum Gasteiger partial charge on any atom is 0.274 e. The highest BCUT2D eigenvalue weighted by molar-refractivity contribution is 5.98. The molecule has 0 bridgehead atoms. The Morgan fingerprint density at radius 3 is 2.50 bits per heavy atom. The topological polar surface area (TPSA) is 64.2 Å². The standard InChI is InChI=1S/C15H26N4O/c1-4-12-13(16)14(18(3)17-12)15(20)19(5-2)11-9-7-6-8-10-11/h11H,4-10,16H2,1-3H3. The molecular formula is C15H26N4O. The van der Waals surface area contributed by atoms with Gasteiger partial charge in [-0.3, -0.25) is 9.48 Å². The molecule has 5 heteroatoms. The SMILES string of the molecule is CCc1nn(C)c(C(=O)N(CC)C2CCCCC2)c1N. The maximum absolute atomic E-state index is 12.8. The van der Waals surface area contributed by atoms with Crippen LogP contribution in [0.25, 0.3) is 0 Å². The third-order valence-corrected chi connectivity index (χ3v) is 4.31. The van der Waals surface area contributed by atoms with Gasteiger partial charge >= 0.3 is 0 Å². The minimum atomic E-state index is 0.0339. The zero-order chi connectivity index (χ0) is 14.7. The Bertz CT molecular complexity index is 474. The van der Waals surface area contributed by atoms with Gasteiger partial charge in [-0.05, 0) is 26.2 Å². The van der Waals surface area contributed by atoms with Crippen molar-refractivity contribution in [3.63, 3.8) is 0 Å². The summed E-state index contributed by atoms with van der Waals surface area (Å²) in [6.45, 7) is 4.78. The Hall–Kier alpha value is -1.52. The average Bonchev–Trinajstić information content (AvgIpc) is 2.75. The zero-order valence-electron chi connectivity index (χ0n) is 12.9. The number of carbonyl (C=O) groups is 1. The molecule has 2 rings (SSSR count). The molecule has 1 aromatic rings. The van der Waals surface area contributed by atoms with E-state index in [9.17, 15) is 4.79 Å². The average molecular weight is 278 g/mol. The number of rotatable bonds is 4. The fourth-order valence-electron chi connectivity index (χ4n) is 3.21. The molecule has 0 saturated heterocycles. The van der Waals surface area contributed by atoms with Crippen molar-refractivity contribution in [3.05, 3.63) is 11.4 Å². The third kappa shape index (κ3) is 2.67. The molecule has 0 aromatic carbocycles. The Morgan fingerprint density at radius 1 is 1.35 bits per heavy atom. The molecule has 1 heterocycles. The normalized spacial score (nSPS) is 16.4. The van der Waals surface area contributed by atoms with Gasteiger partial charge in [0.25, 0.3) is 5.91 Å². The lowest BCUT2D eigenvalue weighted by Gasteiger charge is -2.33. The predicted molar refractivity (Wildman–Crippen MR) is 80.6 cm³/mol. The monoisotopic (exact) mass is 278 g/mol. The highest BCUT2D eigenvalue weighted by atomic mass is 16.2. The van der Waals surface area contributed by atoms with Crippen LogP contribution in [0.15, 0.2) is 0 Å². The van der Waals surface area contributed by atoms with Crippen LogP contribution in [-0.2, 0) is 13.5 Å². The van der Waals surface area contributed by atoms with Gasteiger partial charge in [0.2, 0.25) is 0 Å². The number of nitrogen functional groups attached to an aromatic ring is 1. The predicted octanol–water partition coefficient (Wildman–Crippen LogP) is 2.36. The van der Waals surface area contributed by atoms with Crippen molar-refractivity contribution in [2.24, 2.45) is 7.05 Å². The van der Waals surface area contributed by atoms with E-state index in [0.29, 0.717) is 17.4 Å². The molecule has 0 aliphatic heterocycles. The van der Waals surface area contributed by atoms with Crippen LogP contribution in [-0.4, -0.2) is 33.2 Å². The van der Waals surface area contributed by atoms with E-state index in [0.717, 1.165) is 31.5 Å². The van der Waals surface area contributed by atoms with Crippen molar-refractivity contribution in [1.82, 2.24) is 14.7 Å². The number of aromatic nitrogens is 2. The summed E-state index contributed by atoms with van der Waals surface area (Å²) < 4.78 is 1.64. The number of carbonyl (C=O) groups excluding carboxylic acids is 1. The van der Waals surface area contributed by atoms with Gasteiger partial charge in [0.1, 0.15) is 5.69 Å².